The summed E-state index contributed by atoms with van der Waals surface area (Å²) >= 11 is 0. The van der Waals surface area contributed by atoms with Crippen molar-refractivity contribution in [2.24, 2.45) is 0 Å². The second-order valence-electron chi connectivity index (χ2n) is 6.83. The average Bonchev–Trinajstić information content (AvgIpc) is 3.11. The third kappa shape index (κ3) is 4.46. The summed E-state index contributed by atoms with van der Waals surface area (Å²) in [5.41, 5.74) is 0.838. The number of rotatable bonds is 5. The van der Waals surface area contributed by atoms with Crippen LogP contribution >= 0.6 is 0 Å². The Kier molecular flexibility index (Phi) is 5.33. The van der Waals surface area contributed by atoms with Gasteiger partial charge >= 0.3 is 6.18 Å². The number of β-amino-alcohol motifs (C(OH)–C–C–N with tert-alkyl or cyclic N) is 1. The smallest absolute Gasteiger partial charge is 0.394 e. The first-order valence-electron chi connectivity index (χ1n) is 9.23. The summed E-state index contributed by atoms with van der Waals surface area (Å²) in [4.78, 5) is 21.2. The number of fused-ring (bicyclic) bond motifs is 1. The van der Waals surface area contributed by atoms with E-state index >= 15 is 0 Å². The van der Waals surface area contributed by atoms with E-state index in [9.17, 15) is 13.2 Å². The van der Waals surface area contributed by atoms with Gasteiger partial charge in [0.2, 0.25) is 0 Å². The van der Waals surface area contributed by atoms with Crippen LogP contribution in [-0.4, -0.2) is 79.9 Å². The number of hydrogen-bond donors (Lipinski definition) is 1. The Balaban J connectivity index is 1.60. The molecule has 0 unspecified atom stereocenters. The minimum absolute atomic E-state index is 0.0968. The highest BCUT2D eigenvalue weighted by molar-refractivity contribution is 5.58. The van der Waals surface area contributed by atoms with Gasteiger partial charge in [-0.25, -0.2) is 15.0 Å². The number of nitrogens with zero attached hydrogens (tertiary/aromatic N) is 7. The van der Waals surface area contributed by atoms with Crippen LogP contribution in [-0.2, 0) is 6.42 Å². The van der Waals surface area contributed by atoms with Gasteiger partial charge < -0.3 is 10.0 Å². The molecule has 0 radical (unpaired) electrons. The van der Waals surface area contributed by atoms with Crippen molar-refractivity contribution in [2.75, 3.05) is 44.2 Å². The van der Waals surface area contributed by atoms with Gasteiger partial charge in [0.05, 0.1) is 31.1 Å². The van der Waals surface area contributed by atoms with Gasteiger partial charge in [0.1, 0.15) is 11.5 Å². The molecule has 4 heterocycles. The number of piperazine rings is 1. The van der Waals surface area contributed by atoms with E-state index in [4.69, 9.17) is 5.11 Å². The zero-order valence-electron chi connectivity index (χ0n) is 15.5. The first-order chi connectivity index (χ1) is 13.9. The number of aliphatic hydroxyl groups is 1. The van der Waals surface area contributed by atoms with E-state index in [1.807, 2.05) is 6.07 Å². The first kappa shape index (κ1) is 19.5. The van der Waals surface area contributed by atoms with E-state index in [0.717, 1.165) is 32.0 Å². The molecule has 1 N–H and O–H groups in total. The van der Waals surface area contributed by atoms with Crippen molar-refractivity contribution in [1.29, 1.82) is 0 Å². The molecule has 1 fully saturated rings. The normalized spacial score (nSPS) is 15.9. The number of alkyl halides is 3. The third-order valence-corrected chi connectivity index (χ3v) is 4.81. The summed E-state index contributed by atoms with van der Waals surface area (Å²) < 4.78 is 39.7. The molecule has 0 saturated carbocycles. The van der Waals surface area contributed by atoms with Gasteiger partial charge in [-0.3, -0.25) is 14.3 Å². The Morgan fingerprint density at radius 2 is 1.83 bits per heavy atom. The molecule has 0 atom stereocenters. The van der Waals surface area contributed by atoms with Crippen molar-refractivity contribution in [1.82, 2.24) is 29.2 Å². The molecule has 1 saturated heterocycles. The van der Waals surface area contributed by atoms with Crippen LogP contribution in [0.2, 0.25) is 0 Å². The molecule has 1 aliphatic heterocycles. The maximum Gasteiger partial charge on any atom is 0.394 e. The second-order valence-corrected chi connectivity index (χ2v) is 6.83. The van der Waals surface area contributed by atoms with Crippen LogP contribution in [0.4, 0.5) is 19.0 Å². The van der Waals surface area contributed by atoms with Crippen LogP contribution in [0, 0.1) is 0 Å². The van der Waals surface area contributed by atoms with E-state index in [2.05, 4.69) is 29.7 Å². The second kappa shape index (κ2) is 7.91. The summed E-state index contributed by atoms with van der Waals surface area (Å²) in [6, 6.07) is 1.81. The monoisotopic (exact) mass is 407 g/mol. The lowest BCUT2D eigenvalue weighted by Crippen LogP contribution is -2.47. The van der Waals surface area contributed by atoms with Crippen molar-refractivity contribution in [3.05, 3.63) is 36.5 Å². The summed E-state index contributed by atoms with van der Waals surface area (Å²) in [5, 5.41) is 9.06. The largest absolute Gasteiger partial charge is 0.395 e. The standard InChI is InChI=1S/C18H20F3N7O/c19-18(20,21)9-13-12-28-14(10-24-16(28)11-23-13)17-22-2-1-15(25-17)27-5-3-26(4-6-27)7-8-29/h1-2,10-12,29H,3-9H2. The highest BCUT2D eigenvalue weighted by atomic mass is 19.4. The van der Waals surface area contributed by atoms with Gasteiger partial charge in [0, 0.05) is 45.1 Å². The topological polar surface area (TPSA) is 82.7 Å². The van der Waals surface area contributed by atoms with Crippen molar-refractivity contribution in [2.45, 2.75) is 12.6 Å². The molecule has 0 bridgehead atoms. The molecular formula is C18H20F3N7O. The Morgan fingerprint density at radius 3 is 2.55 bits per heavy atom. The Morgan fingerprint density at radius 1 is 1.03 bits per heavy atom. The highest BCUT2D eigenvalue weighted by Gasteiger charge is 2.29. The predicted octanol–water partition coefficient (Wildman–Crippen LogP) is 1.41. The summed E-state index contributed by atoms with van der Waals surface area (Å²) in [7, 11) is 0. The summed E-state index contributed by atoms with van der Waals surface area (Å²) in [6.45, 7) is 3.96. The van der Waals surface area contributed by atoms with Crippen LogP contribution in [0.15, 0.2) is 30.9 Å². The van der Waals surface area contributed by atoms with Crippen LogP contribution < -0.4 is 4.90 Å². The number of imidazole rings is 1. The fraction of sp³-hybridized carbons (Fsp3) is 0.444. The lowest BCUT2D eigenvalue weighted by Gasteiger charge is -2.35. The maximum absolute atomic E-state index is 12.7. The summed E-state index contributed by atoms with van der Waals surface area (Å²) in [6.07, 6.45) is 0.362. The Bertz CT molecular complexity index is 983. The molecule has 0 aliphatic carbocycles. The van der Waals surface area contributed by atoms with E-state index < -0.39 is 12.6 Å². The molecule has 154 valence electrons. The van der Waals surface area contributed by atoms with E-state index in [-0.39, 0.29) is 12.3 Å². The predicted molar refractivity (Wildman–Crippen MR) is 99.5 cm³/mol. The van der Waals surface area contributed by atoms with Gasteiger partial charge in [0.25, 0.3) is 0 Å². The third-order valence-electron chi connectivity index (χ3n) is 4.81. The van der Waals surface area contributed by atoms with Gasteiger partial charge in [-0.1, -0.05) is 0 Å². The zero-order chi connectivity index (χ0) is 20.4. The van der Waals surface area contributed by atoms with Gasteiger partial charge in [-0.05, 0) is 6.07 Å². The van der Waals surface area contributed by atoms with Crippen LogP contribution in [0.25, 0.3) is 17.2 Å². The van der Waals surface area contributed by atoms with E-state index in [1.165, 1.54) is 23.0 Å². The van der Waals surface area contributed by atoms with E-state index in [0.29, 0.717) is 23.7 Å². The minimum Gasteiger partial charge on any atom is -0.395 e. The molecule has 3 aromatic rings. The Labute approximate surface area is 164 Å². The van der Waals surface area contributed by atoms with Crippen molar-refractivity contribution >= 4 is 11.5 Å². The fourth-order valence-corrected chi connectivity index (χ4v) is 3.38. The number of hydrogen-bond acceptors (Lipinski definition) is 7. The lowest BCUT2D eigenvalue weighted by molar-refractivity contribution is -0.127. The highest BCUT2D eigenvalue weighted by Crippen LogP contribution is 2.23. The van der Waals surface area contributed by atoms with Crippen molar-refractivity contribution in [3.8, 4) is 11.5 Å². The van der Waals surface area contributed by atoms with Gasteiger partial charge in [-0.15, -0.1) is 0 Å². The van der Waals surface area contributed by atoms with Crippen LogP contribution in [0.1, 0.15) is 5.69 Å². The molecule has 0 amide bonds. The average molecular weight is 407 g/mol. The summed E-state index contributed by atoms with van der Waals surface area (Å²) in [5.74, 6) is 1.13. The van der Waals surface area contributed by atoms with Crippen LogP contribution in [0.5, 0.6) is 0 Å². The molecule has 1 aliphatic rings. The maximum atomic E-state index is 12.7. The number of halogens is 3. The minimum atomic E-state index is -4.34. The van der Waals surface area contributed by atoms with Gasteiger partial charge in [-0.2, -0.15) is 13.2 Å². The van der Waals surface area contributed by atoms with Crippen molar-refractivity contribution < 1.29 is 18.3 Å². The molecule has 0 spiro atoms. The molecule has 8 nitrogen and oxygen atoms in total. The number of aliphatic hydroxyl groups excluding tert-OH is 1. The quantitative estimate of drug-likeness (QED) is 0.685. The lowest BCUT2D eigenvalue weighted by atomic mass is 10.3. The fourth-order valence-electron chi connectivity index (χ4n) is 3.38. The molecular weight excluding hydrogens is 387 g/mol. The number of aromatic nitrogens is 5. The Hall–Kier alpha value is -2.79. The zero-order valence-corrected chi connectivity index (χ0v) is 15.5. The van der Waals surface area contributed by atoms with Crippen LogP contribution in [0.3, 0.4) is 0 Å². The van der Waals surface area contributed by atoms with Gasteiger partial charge in [0.15, 0.2) is 11.5 Å². The molecule has 29 heavy (non-hydrogen) atoms. The molecule has 11 heteroatoms. The number of anilines is 1. The molecule has 0 aromatic carbocycles. The van der Waals surface area contributed by atoms with Crippen molar-refractivity contribution in [3.63, 3.8) is 0 Å². The SMILES string of the molecule is OCCN1CCN(c2ccnc(-c3cnc4cnc(CC(F)(F)F)cn34)n2)CC1. The molecule has 3 aromatic heterocycles. The molecule has 4 rings (SSSR count). The van der Waals surface area contributed by atoms with E-state index in [1.54, 1.807) is 6.20 Å². The first-order valence-corrected chi connectivity index (χ1v) is 9.23.